The van der Waals surface area contributed by atoms with Gasteiger partial charge in [0.2, 0.25) is 5.91 Å². The van der Waals surface area contributed by atoms with Gasteiger partial charge in [0.1, 0.15) is 5.75 Å². The van der Waals surface area contributed by atoms with E-state index in [1.165, 1.54) is 0 Å². The summed E-state index contributed by atoms with van der Waals surface area (Å²) in [6.07, 6.45) is 0. The number of amides is 2. The molecule has 0 aliphatic rings. The zero-order valence-electron chi connectivity index (χ0n) is 11.9. The molecule has 2 N–H and O–H groups in total. The topological polar surface area (TPSA) is 67.4 Å². The van der Waals surface area contributed by atoms with E-state index < -0.39 is 0 Å². The number of nitrogens with one attached hydrogen (secondary N) is 2. The lowest BCUT2D eigenvalue weighted by atomic mass is 10.2. The summed E-state index contributed by atoms with van der Waals surface area (Å²) >= 11 is 5.83. The number of halogens is 1. The molecule has 0 atom stereocenters. The van der Waals surface area contributed by atoms with Crippen LogP contribution in [-0.2, 0) is 4.79 Å². The van der Waals surface area contributed by atoms with Crippen molar-refractivity contribution in [1.29, 1.82) is 0 Å². The SMILES string of the molecule is COc1ccc(C(=O)NCC(=O)Nc2cccc(Cl)c2)cc1. The fourth-order valence-electron chi connectivity index (χ4n) is 1.78. The van der Waals surface area contributed by atoms with E-state index in [1.54, 1.807) is 55.6 Å². The van der Waals surface area contributed by atoms with Crippen LogP contribution in [0.4, 0.5) is 5.69 Å². The fraction of sp³-hybridized carbons (Fsp3) is 0.125. The summed E-state index contributed by atoms with van der Waals surface area (Å²) in [6, 6.07) is 13.4. The van der Waals surface area contributed by atoms with Gasteiger partial charge in [0, 0.05) is 16.3 Å². The van der Waals surface area contributed by atoms with Gasteiger partial charge in [0.25, 0.3) is 5.91 Å². The Labute approximate surface area is 133 Å². The van der Waals surface area contributed by atoms with Gasteiger partial charge in [-0.1, -0.05) is 17.7 Å². The van der Waals surface area contributed by atoms with Crippen molar-refractivity contribution in [3.8, 4) is 5.75 Å². The summed E-state index contributed by atoms with van der Waals surface area (Å²) in [6.45, 7) is -0.128. The molecule has 0 heterocycles. The van der Waals surface area contributed by atoms with E-state index in [0.29, 0.717) is 22.0 Å². The lowest BCUT2D eigenvalue weighted by Crippen LogP contribution is -2.32. The predicted octanol–water partition coefficient (Wildman–Crippen LogP) is 2.72. The number of rotatable bonds is 5. The summed E-state index contributed by atoms with van der Waals surface area (Å²) in [5.74, 6) is 0.00303. The molecule has 5 nitrogen and oxygen atoms in total. The molecule has 6 heteroatoms. The Morgan fingerprint density at radius 2 is 1.86 bits per heavy atom. The first-order chi connectivity index (χ1) is 10.6. The molecule has 0 fully saturated rings. The minimum absolute atomic E-state index is 0.128. The number of carbonyl (C=O) groups is 2. The predicted molar refractivity (Wildman–Crippen MR) is 85.4 cm³/mol. The van der Waals surface area contributed by atoms with Gasteiger partial charge in [-0.05, 0) is 42.5 Å². The largest absolute Gasteiger partial charge is 0.497 e. The van der Waals surface area contributed by atoms with Crippen LogP contribution >= 0.6 is 11.6 Å². The molecule has 2 rings (SSSR count). The molecule has 114 valence electrons. The van der Waals surface area contributed by atoms with Crippen LogP contribution < -0.4 is 15.4 Å². The summed E-state index contributed by atoms with van der Waals surface area (Å²) in [7, 11) is 1.55. The second-order valence-electron chi connectivity index (χ2n) is 4.47. The molecule has 0 aromatic heterocycles. The van der Waals surface area contributed by atoms with Gasteiger partial charge < -0.3 is 15.4 Å². The second-order valence-corrected chi connectivity index (χ2v) is 4.91. The third-order valence-corrected chi connectivity index (χ3v) is 3.11. The quantitative estimate of drug-likeness (QED) is 0.890. The van der Waals surface area contributed by atoms with E-state index in [2.05, 4.69) is 10.6 Å². The maximum atomic E-state index is 11.9. The summed E-state index contributed by atoms with van der Waals surface area (Å²) < 4.78 is 5.02. The van der Waals surface area contributed by atoms with Crippen LogP contribution in [0.25, 0.3) is 0 Å². The molecule has 0 bridgehead atoms. The first-order valence-corrected chi connectivity index (χ1v) is 6.94. The van der Waals surface area contributed by atoms with Crippen LogP contribution in [0.3, 0.4) is 0 Å². The standard InChI is InChI=1S/C16H15ClN2O3/c1-22-14-7-5-11(6-8-14)16(21)18-10-15(20)19-13-4-2-3-12(17)9-13/h2-9H,10H2,1H3,(H,18,21)(H,19,20). The van der Waals surface area contributed by atoms with Gasteiger partial charge in [0.15, 0.2) is 0 Å². The molecule has 0 unspecified atom stereocenters. The monoisotopic (exact) mass is 318 g/mol. The summed E-state index contributed by atoms with van der Waals surface area (Å²) in [4.78, 5) is 23.7. The van der Waals surface area contributed by atoms with Crippen molar-refractivity contribution < 1.29 is 14.3 Å². The number of ether oxygens (including phenoxy) is 1. The Balaban J connectivity index is 1.86. The van der Waals surface area contributed by atoms with Crippen molar-refractivity contribution in [2.45, 2.75) is 0 Å². The zero-order chi connectivity index (χ0) is 15.9. The van der Waals surface area contributed by atoms with Crippen LogP contribution in [-0.4, -0.2) is 25.5 Å². The van der Waals surface area contributed by atoms with Crippen molar-refractivity contribution in [2.75, 3.05) is 19.0 Å². The van der Waals surface area contributed by atoms with E-state index in [0.717, 1.165) is 0 Å². The minimum atomic E-state index is -0.330. The number of anilines is 1. The number of hydrogen-bond acceptors (Lipinski definition) is 3. The van der Waals surface area contributed by atoms with Crippen molar-refractivity contribution in [2.24, 2.45) is 0 Å². The van der Waals surface area contributed by atoms with Gasteiger partial charge in [-0.2, -0.15) is 0 Å². The molecular weight excluding hydrogens is 304 g/mol. The molecular formula is C16H15ClN2O3. The first-order valence-electron chi connectivity index (χ1n) is 6.56. The number of methoxy groups -OCH3 is 1. The van der Waals surface area contributed by atoms with E-state index in [-0.39, 0.29) is 18.4 Å². The number of benzene rings is 2. The Morgan fingerprint density at radius 3 is 2.50 bits per heavy atom. The number of hydrogen-bond donors (Lipinski definition) is 2. The molecule has 2 amide bonds. The maximum Gasteiger partial charge on any atom is 0.251 e. The van der Waals surface area contributed by atoms with Crippen molar-refractivity contribution in [3.63, 3.8) is 0 Å². The third-order valence-electron chi connectivity index (χ3n) is 2.87. The van der Waals surface area contributed by atoms with Crippen LogP contribution in [0.15, 0.2) is 48.5 Å². The highest BCUT2D eigenvalue weighted by atomic mass is 35.5. The van der Waals surface area contributed by atoms with E-state index >= 15 is 0 Å². The highest BCUT2D eigenvalue weighted by Crippen LogP contribution is 2.14. The molecule has 0 radical (unpaired) electrons. The highest BCUT2D eigenvalue weighted by Gasteiger charge is 2.08. The Bertz CT molecular complexity index is 671. The molecule has 0 aliphatic carbocycles. The van der Waals surface area contributed by atoms with Gasteiger partial charge in [-0.25, -0.2) is 0 Å². The average molecular weight is 319 g/mol. The van der Waals surface area contributed by atoms with Gasteiger partial charge >= 0.3 is 0 Å². The van der Waals surface area contributed by atoms with Crippen LogP contribution in [0.1, 0.15) is 10.4 Å². The van der Waals surface area contributed by atoms with Crippen molar-refractivity contribution >= 4 is 29.1 Å². The first kappa shape index (κ1) is 15.9. The van der Waals surface area contributed by atoms with Crippen LogP contribution in [0.2, 0.25) is 5.02 Å². The van der Waals surface area contributed by atoms with Gasteiger partial charge in [-0.3, -0.25) is 9.59 Å². The van der Waals surface area contributed by atoms with Gasteiger partial charge in [-0.15, -0.1) is 0 Å². The Morgan fingerprint density at radius 1 is 1.14 bits per heavy atom. The lowest BCUT2D eigenvalue weighted by molar-refractivity contribution is -0.115. The molecule has 0 spiro atoms. The Hall–Kier alpha value is -2.53. The smallest absolute Gasteiger partial charge is 0.251 e. The lowest BCUT2D eigenvalue weighted by Gasteiger charge is -2.07. The van der Waals surface area contributed by atoms with Crippen molar-refractivity contribution in [1.82, 2.24) is 5.32 Å². The second kappa shape index (κ2) is 7.47. The van der Waals surface area contributed by atoms with E-state index in [1.807, 2.05) is 0 Å². The summed E-state index contributed by atoms with van der Waals surface area (Å²) in [5.41, 5.74) is 1.03. The number of carbonyl (C=O) groups excluding carboxylic acids is 2. The molecule has 2 aromatic rings. The average Bonchev–Trinajstić information content (AvgIpc) is 2.52. The maximum absolute atomic E-state index is 11.9. The van der Waals surface area contributed by atoms with Crippen molar-refractivity contribution in [3.05, 3.63) is 59.1 Å². The summed E-state index contributed by atoms with van der Waals surface area (Å²) in [5, 5.41) is 5.72. The third kappa shape index (κ3) is 4.49. The molecule has 0 saturated heterocycles. The zero-order valence-corrected chi connectivity index (χ0v) is 12.7. The molecule has 0 saturated carbocycles. The van der Waals surface area contributed by atoms with Crippen LogP contribution in [0.5, 0.6) is 5.75 Å². The minimum Gasteiger partial charge on any atom is -0.497 e. The molecule has 2 aromatic carbocycles. The molecule has 22 heavy (non-hydrogen) atoms. The van der Waals surface area contributed by atoms with Crippen LogP contribution in [0, 0.1) is 0 Å². The normalized spacial score (nSPS) is 9.91. The molecule has 0 aliphatic heterocycles. The van der Waals surface area contributed by atoms with E-state index in [9.17, 15) is 9.59 Å². The van der Waals surface area contributed by atoms with E-state index in [4.69, 9.17) is 16.3 Å². The Kier molecular flexibility index (Phi) is 5.38. The highest BCUT2D eigenvalue weighted by molar-refractivity contribution is 6.30. The fourth-order valence-corrected chi connectivity index (χ4v) is 1.97. The van der Waals surface area contributed by atoms with Gasteiger partial charge in [0.05, 0.1) is 13.7 Å².